The Balaban J connectivity index is 3.51. The van der Waals surface area contributed by atoms with E-state index < -0.39 is 0 Å². The first-order chi connectivity index (χ1) is 8.58. The lowest BCUT2D eigenvalue weighted by Crippen LogP contribution is -2.03. The van der Waals surface area contributed by atoms with Crippen LogP contribution in [-0.4, -0.2) is 34.3 Å². The average molecular weight is 284 g/mol. The summed E-state index contributed by atoms with van der Waals surface area (Å²) in [6.07, 6.45) is 3.91. The van der Waals surface area contributed by atoms with Gasteiger partial charge in [-0.05, 0) is 38.5 Å². The van der Waals surface area contributed by atoms with E-state index >= 15 is 0 Å². The third-order valence-corrected chi connectivity index (χ3v) is 4.16. The van der Waals surface area contributed by atoms with Gasteiger partial charge in [-0.3, -0.25) is 0 Å². The molecule has 1 rings (SSSR count). The molecule has 0 atom stereocenters. The first-order valence-electron chi connectivity index (χ1n) is 5.23. The van der Waals surface area contributed by atoms with Gasteiger partial charge in [0.15, 0.2) is 0 Å². The third-order valence-electron chi connectivity index (χ3n) is 2.60. The topological polar surface area (TPSA) is 65.2 Å². The standard InChI is InChI=1S/C12H16N2O2S2/c1-7(13-15)9-5-12(18-4)10(8(2)14-16)6-11(9)17-3/h5-6,15-16H,1-4H3/b13-7+,14-8+. The quantitative estimate of drug-likeness (QED) is 0.384. The zero-order chi connectivity index (χ0) is 13.7. The van der Waals surface area contributed by atoms with Crippen LogP contribution in [0.4, 0.5) is 0 Å². The zero-order valence-corrected chi connectivity index (χ0v) is 12.4. The van der Waals surface area contributed by atoms with Gasteiger partial charge in [0.2, 0.25) is 0 Å². The van der Waals surface area contributed by atoms with Crippen LogP contribution < -0.4 is 0 Å². The van der Waals surface area contributed by atoms with Gasteiger partial charge in [-0.25, -0.2) is 0 Å². The Morgan fingerprint density at radius 2 is 1.22 bits per heavy atom. The number of oxime groups is 2. The Morgan fingerprint density at radius 3 is 1.44 bits per heavy atom. The van der Waals surface area contributed by atoms with Crippen molar-refractivity contribution in [1.29, 1.82) is 0 Å². The third kappa shape index (κ3) is 3.00. The number of rotatable bonds is 4. The van der Waals surface area contributed by atoms with Crippen molar-refractivity contribution in [2.45, 2.75) is 23.6 Å². The van der Waals surface area contributed by atoms with Gasteiger partial charge in [-0.15, -0.1) is 23.5 Å². The van der Waals surface area contributed by atoms with Crippen molar-refractivity contribution in [3.63, 3.8) is 0 Å². The van der Waals surface area contributed by atoms with E-state index in [1.165, 1.54) is 0 Å². The summed E-state index contributed by atoms with van der Waals surface area (Å²) in [5.74, 6) is 0. The molecule has 0 spiro atoms. The van der Waals surface area contributed by atoms with Gasteiger partial charge >= 0.3 is 0 Å². The van der Waals surface area contributed by atoms with E-state index in [0.29, 0.717) is 11.4 Å². The second kappa shape index (κ2) is 6.70. The molecule has 0 fully saturated rings. The van der Waals surface area contributed by atoms with Crippen LogP contribution in [0.3, 0.4) is 0 Å². The second-order valence-corrected chi connectivity index (χ2v) is 5.32. The molecular formula is C12H16N2O2S2. The maximum Gasteiger partial charge on any atom is 0.0848 e. The van der Waals surface area contributed by atoms with E-state index in [1.807, 2.05) is 24.6 Å². The predicted octanol–water partition coefficient (Wildman–Crippen LogP) is 3.53. The predicted molar refractivity (Wildman–Crippen MR) is 78.0 cm³/mol. The van der Waals surface area contributed by atoms with Crippen molar-refractivity contribution < 1.29 is 10.4 Å². The Morgan fingerprint density at radius 1 is 0.889 bits per heavy atom. The molecule has 0 radical (unpaired) electrons. The molecule has 0 aliphatic rings. The molecule has 0 unspecified atom stereocenters. The molecular weight excluding hydrogens is 268 g/mol. The Labute approximate surface area is 115 Å². The van der Waals surface area contributed by atoms with E-state index in [-0.39, 0.29) is 0 Å². The minimum atomic E-state index is 0.569. The Kier molecular flexibility index (Phi) is 5.55. The molecule has 6 heteroatoms. The van der Waals surface area contributed by atoms with Gasteiger partial charge in [-0.2, -0.15) is 0 Å². The Bertz CT molecular complexity index is 453. The molecule has 0 amide bonds. The molecule has 0 aliphatic carbocycles. The molecule has 1 aromatic rings. The highest BCUT2D eigenvalue weighted by atomic mass is 32.2. The van der Waals surface area contributed by atoms with Crippen molar-refractivity contribution in [3.05, 3.63) is 23.3 Å². The fourth-order valence-electron chi connectivity index (χ4n) is 1.57. The molecule has 18 heavy (non-hydrogen) atoms. The van der Waals surface area contributed by atoms with E-state index in [4.69, 9.17) is 10.4 Å². The van der Waals surface area contributed by atoms with Crippen molar-refractivity contribution >= 4 is 34.9 Å². The van der Waals surface area contributed by atoms with Crippen molar-refractivity contribution in [2.75, 3.05) is 12.5 Å². The molecule has 2 N–H and O–H groups in total. The largest absolute Gasteiger partial charge is 0.411 e. The molecule has 0 aliphatic heterocycles. The van der Waals surface area contributed by atoms with Gasteiger partial charge in [-0.1, -0.05) is 10.3 Å². The molecule has 0 aromatic heterocycles. The van der Waals surface area contributed by atoms with Crippen LogP contribution in [0.15, 0.2) is 32.2 Å². The number of thioether (sulfide) groups is 2. The van der Waals surface area contributed by atoms with Crippen LogP contribution in [0.2, 0.25) is 0 Å². The molecule has 0 bridgehead atoms. The minimum Gasteiger partial charge on any atom is -0.411 e. The maximum atomic E-state index is 8.90. The first-order valence-corrected chi connectivity index (χ1v) is 7.68. The van der Waals surface area contributed by atoms with Crippen LogP contribution in [0.25, 0.3) is 0 Å². The lowest BCUT2D eigenvalue weighted by atomic mass is 10.1. The summed E-state index contributed by atoms with van der Waals surface area (Å²) in [5, 5.41) is 24.3. The number of hydrogen-bond acceptors (Lipinski definition) is 6. The summed E-state index contributed by atoms with van der Waals surface area (Å²) in [6.45, 7) is 3.51. The monoisotopic (exact) mass is 284 g/mol. The van der Waals surface area contributed by atoms with Crippen molar-refractivity contribution in [3.8, 4) is 0 Å². The fourth-order valence-corrected chi connectivity index (χ4v) is 2.90. The zero-order valence-electron chi connectivity index (χ0n) is 10.8. The number of benzene rings is 1. The summed E-state index contributed by atoms with van der Waals surface area (Å²) in [6, 6.07) is 3.91. The van der Waals surface area contributed by atoms with Crippen molar-refractivity contribution in [2.24, 2.45) is 10.3 Å². The van der Waals surface area contributed by atoms with E-state index in [1.54, 1.807) is 37.4 Å². The summed E-state index contributed by atoms with van der Waals surface area (Å²) in [5.41, 5.74) is 2.92. The molecule has 98 valence electrons. The van der Waals surface area contributed by atoms with Crippen LogP contribution in [0.5, 0.6) is 0 Å². The minimum absolute atomic E-state index is 0.569. The molecule has 0 saturated heterocycles. The van der Waals surface area contributed by atoms with E-state index in [2.05, 4.69) is 10.3 Å². The first kappa shape index (κ1) is 14.9. The lowest BCUT2D eigenvalue weighted by Gasteiger charge is -2.13. The lowest BCUT2D eigenvalue weighted by molar-refractivity contribution is 0.318. The molecule has 4 nitrogen and oxygen atoms in total. The highest BCUT2D eigenvalue weighted by molar-refractivity contribution is 7.99. The maximum absolute atomic E-state index is 8.90. The van der Waals surface area contributed by atoms with Gasteiger partial charge in [0.05, 0.1) is 11.4 Å². The van der Waals surface area contributed by atoms with Crippen LogP contribution in [0, 0.1) is 0 Å². The molecule has 0 saturated carbocycles. The normalized spacial score (nSPS) is 12.9. The average Bonchev–Trinajstić information content (AvgIpc) is 2.43. The van der Waals surface area contributed by atoms with Gasteiger partial charge in [0, 0.05) is 20.9 Å². The van der Waals surface area contributed by atoms with Crippen molar-refractivity contribution in [1.82, 2.24) is 0 Å². The van der Waals surface area contributed by atoms with E-state index in [9.17, 15) is 0 Å². The number of hydrogen-bond donors (Lipinski definition) is 2. The highest BCUT2D eigenvalue weighted by Crippen LogP contribution is 2.30. The molecule has 1 aromatic carbocycles. The van der Waals surface area contributed by atoms with Crippen LogP contribution in [0.1, 0.15) is 25.0 Å². The Hall–Kier alpha value is -1.14. The summed E-state index contributed by atoms with van der Waals surface area (Å²) in [4.78, 5) is 1.97. The van der Waals surface area contributed by atoms with Gasteiger partial charge in [0.1, 0.15) is 0 Å². The van der Waals surface area contributed by atoms with Crippen LogP contribution >= 0.6 is 23.5 Å². The SMILES string of the molecule is CSc1cc(/C(C)=N/O)c(SC)cc1/C(C)=N/O. The summed E-state index contributed by atoms with van der Waals surface area (Å²) < 4.78 is 0. The fraction of sp³-hybridized carbons (Fsp3) is 0.333. The molecule has 0 heterocycles. The summed E-state index contributed by atoms with van der Waals surface area (Å²) in [7, 11) is 0. The number of nitrogens with zero attached hydrogens (tertiary/aromatic N) is 2. The smallest absolute Gasteiger partial charge is 0.0848 e. The van der Waals surface area contributed by atoms with E-state index in [0.717, 1.165) is 20.9 Å². The van der Waals surface area contributed by atoms with Gasteiger partial charge < -0.3 is 10.4 Å². The van der Waals surface area contributed by atoms with Crippen LogP contribution in [-0.2, 0) is 0 Å². The van der Waals surface area contributed by atoms with Gasteiger partial charge in [0.25, 0.3) is 0 Å². The second-order valence-electron chi connectivity index (χ2n) is 3.62. The highest BCUT2D eigenvalue weighted by Gasteiger charge is 2.13. The summed E-state index contributed by atoms with van der Waals surface area (Å²) >= 11 is 3.13.